The second-order valence-corrected chi connectivity index (χ2v) is 4.89. The molecule has 0 unspecified atom stereocenters. The summed E-state index contributed by atoms with van der Waals surface area (Å²) in [4.78, 5) is 23.6. The summed E-state index contributed by atoms with van der Waals surface area (Å²) in [5.74, 6) is -0.876. The van der Waals surface area contributed by atoms with E-state index in [1.165, 1.54) is 6.07 Å². The van der Waals surface area contributed by atoms with Crippen LogP contribution in [0.25, 0.3) is 0 Å². The predicted molar refractivity (Wildman–Crippen MR) is 70.7 cm³/mol. The van der Waals surface area contributed by atoms with E-state index in [1.54, 1.807) is 4.90 Å². The highest BCUT2D eigenvalue weighted by molar-refractivity contribution is 5.94. The van der Waals surface area contributed by atoms with E-state index >= 15 is 0 Å². The number of nitrogens with two attached hydrogens (primary N) is 1. The molecule has 0 bridgehead atoms. The van der Waals surface area contributed by atoms with Gasteiger partial charge in [-0.05, 0) is 31.4 Å². The van der Waals surface area contributed by atoms with E-state index in [0.717, 1.165) is 25.0 Å². The van der Waals surface area contributed by atoms with Gasteiger partial charge in [0.15, 0.2) is 0 Å². The second-order valence-electron chi connectivity index (χ2n) is 4.89. The Morgan fingerprint density at radius 2 is 2.10 bits per heavy atom. The zero-order valence-electron chi connectivity index (χ0n) is 10.9. The van der Waals surface area contributed by atoms with Crippen molar-refractivity contribution in [3.8, 4) is 0 Å². The van der Waals surface area contributed by atoms with Crippen LogP contribution in [0.1, 0.15) is 23.2 Å². The molecule has 1 amide bonds. The Morgan fingerprint density at radius 1 is 1.45 bits per heavy atom. The lowest BCUT2D eigenvalue weighted by atomic mass is 9.96. The summed E-state index contributed by atoms with van der Waals surface area (Å²) in [5, 5.41) is 10.5. The van der Waals surface area contributed by atoms with Crippen LogP contribution in [0.15, 0.2) is 18.2 Å². The number of hydrogen-bond acceptors (Lipinski definition) is 4. The molecule has 1 aromatic rings. The predicted octanol–water partition coefficient (Wildman–Crippen LogP) is 1.54. The number of amides is 1. The summed E-state index contributed by atoms with van der Waals surface area (Å²) < 4.78 is 13.8. The van der Waals surface area contributed by atoms with Crippen molar-refractivity contribution < 1.29 is 14.1 Å². The summed E-state index contributed by atoms with van der Waals surface area (Å²) in [5.41, 5.74) is 5.09. The van der Waals surface area contributed by atoms with E-state index in [2.05, 4.69) is 0 Å². The first-order valence-electron chi connectivity index (χ1n) is 6.46. The number of nitro benzene ring substituents is 1. The molecule has 0 aliphatic carbocycles. The van der Waals surface area contributed by atoms with Crippen LogP contribution < -0.4 is 5.73 Å². The molecular formula is C13H16FN3O3. The largest absolute Gasteiger partial charge is 0.339 e. The molecule has 0 radical (unpaired) electrons. The molecule has 1 saturated heterocycles. The Labute approximate surface area is 115 Å². The van der Waals surface area contributed by atoms with Crippen LogP contribution in [0, 0.1) is 21.8 Å². The molecule has 1 aliphatic heterocycles. The van der Waals surface area contributed by atoms with Crippen molar-refractivity contribution in [1.82, 2.24) is 4.90 Å². The lowest BCUT2D eigenvalue weighted by Crippen LogP contribution is -2.40. The number of carbonyl (C=O) groups is 1. The third-order valence-corrected chi connectivity index (χ3v) is 3.63. The first kappa shape index (κ1) is 14.4. The average molecular weight is 281 g/mol. The molecule has 1 fully saturated rings. The first-order chi connectivity index (χ1) is 9.52. The number of nitro groups is 1. The van der Waals surface area contributed by atoms with Gasteiger partial charge in [0, 0.05) is 19.2 Å². The van der Waals surface area contributed by atoms with Gasteiger partial charge in [-0.25, -0.2) is 4.39 Å². The number of benzene rings is 1. The third-order valence-electron chi connectivity index (χ3n) is 3.63. The fourth-order valence-corrected chi connectivity index (χ4v) is 2.33. The van der Waals surface area contributed by atoms with E-state index in [-0.39, 0.29) is 11.3 Å². The van der Waals surface area contributed by atoms with Gasteiger partial charge in [0.25, 0.3) is 11.6 Å². The molecule has 1 aliphatic rings. The molecule has 0 saturated carbocycles. The quantitative estimate of drug-likeness (QED) is 0.672. The zero-order chi connectivity index (χ0) is 14.7. The molecule has 108 valence electrons. The highest BCUT2D eigenvalue weighted by Gasteiger charge is 2.25. The Balaban J connectivity index is 2.12. The molecule has 6 nitrogen and oxygen atoms in total. The van der Waals surface area contributed by atoms with Crippen molar-refractivity contribution in [3.63, 3.8) is 0 Å². The van der Waals surface area contributed by atoms with Gasteiger partial charge in [0.2, 0.25) is 0 Å². The highest BCUT2D eigenvalue weighted by atomic mass is 19.1. The molecule has 20 heavy (non-hydrogen) atoms. The molecular weight excluding hydrogens is 265 g/mol. The number of piperidine rings is 1. The lowest BCUT2D eigenvalue weighted by molar-refractivity contribution is -0.385. The molecule has 0 aromatic heterocycles. The van der Waals surface area contributed by atoms with Crippen molar-refractivity contribution >= 4 is 11.6 Å². The molecule has 1 aromatic carbocycles. The molecule has 2 N–H and O–H groups in total. The van der Waals surface area contributed by atoms with Gasteiger partial charge >= 0.3 is 0 Å². The lowest BCUT2D eigenvalue weighted by Gasteiger charge is -2.31. The minimum atomic E-state index is -0.856. The molecule has 2 rings (SSSR count). The van der Waals surface area contributed by atoms with Crippen LogP contribution in [0.3, 0.4) is 0 Å². The minimum absolute atomic E-state index is 0.123. The Hall–Kier alpha value is -2.02. The van der Waals surface area contributed by atoms with E-state index in [1.807, 2.05) is 0 Å². The number of rotatable bonds is 3. The Kier molecular flexibility index (Phi) is 4.29. The maximum atomic E-state index is 13.8. The fourth-order valence-electron chi connectivity index (χ4n) is 2.33. The third kappa shape index (κ3) is 2.93. The number of halogens is 1. The Morgan fingerprint density at radius 3 is 2.60 bits per heavy atom. The summed E-state index contributed by atoms with van der Waals surface area (Å²) in [6, 6.07) is 3.09. The van der Waals surface area contributed by atoms with E-state index < -0.39 is 16.6 Å². The van der Waals surface area contributed by atoms with Crippen LogP contribution in [-0.2, 0) is 0 Å². The topological polar surface area (TPSA) is 89.5 Å². The van der Waals surface area contributed by atoms with Crippen LogP contribution in [0.4, 0.5) is 10.1 Å². The number of likely N-dealkylation sites (tertiary alicyclic amines) is 1. The van der Waals surface area contributed by atoms with Crippen molar-refractivity contribution in [2.24, 2.45) is 11.7 Å². The van der Waals surface area contributed by atoms with Gasteiger partial charge in [0.05, 0.1) is 16.6 Å². The summed E-state index contributed by atoms with van der Waals surface area (Å²) in [7, 11) is 0. The highest BCUT2D eigenvalue weighted by Crippen LogP contribution is 2.21. The van der Waals surface area contributed by atoms with E-state index in [4.69, 9.17) is 5.73 Å². The maximum Gasteiger partial charge on any atom is 0.272 e. The molecule has 0 spiro atoms. The SMILES string of the molecule is NCC1CCN(C(=O)c2ccc([N+](=O)[O-])cc2F)CC1. The van der Waals surface area contributed by atoms with Gasteiger partial charge in [-0.2, -0.15) is 0 Å². The molecule has 7 heteroatoms. The van der Waals surface area contributed by atoms with Gasteiger partial charge in [-0.3, -0.25) is 14.9 Å². The number of nitrogens with zero attached hydrogens (tertiary/aromatic N) is 2. The van der Waals surface area contributed by atoms with Crippen molar-refractivity contribution in [2.75, 3.05) is 19.6 Å². The monoisotopic (exact) mass is 281 g/mol. The van der Waals surface area contributed by atoms with Crippen molar-refractivity contribution in [1.29, 1.82) is 0 Å². The van der Waals surface area contributed by atoms with Crippen molar-refractivity contribution in [3.05, 3.63) is 39.7 Å². The molecule has 0 atom stereocenters. The maximum absolute atomic E-state index is 13.8. The van der Waals surface area contributed by atoms with E-state index in [0.29, 0.717) is 25.6 Å². The van der Waals surface area contributed by atoms with E-state index in [9.17, 15) is 19.3 Å². The average Bonchev–Trinajstić information content (AvgIpc) is 2.46. The minimum Gasteiger partial charge on any atom is -0.339 e. The van der Waals surface area contributed by atoms with Crippen LogP contribution >= 0.6 is 0 Å². The standard InChI is InChI=1S/C13H16FN3O3/c14-12-7-10(17(19)20)1-2-11(12)13(18)16-5-3-9(8-15)4-6-16/h1-2,7,9H,3-6,8,15H2. The smallest absolute Gasteiger partial charge is 0.272 e. The fraction of sp³-hybridized carbons (Fsp3) is 0.462. The van der Waals surface area contributed by atoms with Gasteiger partial charge in [-0.1, -0.05) is 0 Å². The number of carbonyl (C=O) groups excluding carboxylic acids is 1. The second kappa shape index (κ2) is 5.96. The van der Waals surface area contributed by atoms with Gasteiger partial charge < -0.3 is 10.6 Å². The van der Waals surface area contributed by atoms with Crippen LogP contribution in [-0.4, -0.2) is 35.4 Å². The zero-order valence-corrected chi connectivity index (χ0v) is 10.9. The van der Waals surface area contributed by atoms with Crippen LogP contribution in [0.2, 0.25) is 0 Å². The molecule has 1 heterocycles. The Bertz CT molecular complexity index is 528. The van der Waals surface area contributed by atoms with Crippen molar-refractivity contribution in [2.45, 2.75) is 12.8 Å². The van der Waals surface area contributed by atoms with Crippen LogP contribution in [0.5, 0.6) is 0 Å². The van der Waals surface area contributed by atoms with Gasteiger partial charge in [-0.15, -0.1) is 0 Å². The summed E-state index contributed by atoms with van der Waals surface area (Å²) >= 11 is 0. The summed E-state index contributed by atoms with van der Waals surface area (Å²) in [6.07, 6.45) is 1.60. The number of hydrogen-bond donors (Lipinski definition) is 1. The van der Waals surface area contributed by atoms with Gasteiger partial charge in [0.1, 0.15) is 5.82 Å². The number of non-ortho nitro benzene ring substituents is 1. The normalized spacial score (nSPS) is 16.2. The first-order valence-corrected chi connectivity index (χ1v) is 6.46. The summed E-state index contributed by atoms with van der Waals surface area (Å²) in [6.45, 7) is 1.67.